The van der Waals surface area contributed by atoms with E-state index in [2.05, 4.69) is 10.2 Å². The standard InChI is InChI=1S/C23H23FN4O5S/c24-17-4-2-16(3-5-17)22-19(15-25-26-22)23(29)27-8-10-28(11-9-27)34(30,31)18-6-7-20-21(14-18)33-13-1-12-32-20/h2-7,14-15H,1,8-13H2,(H,25,26). The Morgan fingerprint density at radius 2 is 1.68 bits per heavy atom. The monoisotopic (exact) mass is 486 g/mol. The van der Waals surface area contributed by atoms with Gasteiger partial charge in [-0.1, -0.05) is 0 Å². The van der Waals surface area contributed by atoms with Crippen molar-refractivity contribution >= 4 is 15.9 Å². The first-order valence-corrected chi connectivity index (χ1v) is 12.4. The molecule has 0 bridgehead atoms. The number of aromatic nitrogens is 2. The average molecular weight is 487 g/mol. The Bertz CT molecular complexity index is 1300. The van der Waals surface area contributed by atoms with E-state index in [-0.39, 0.29) is 42.8 Å². The van der Waals surface area contributed by atoms with Crippen LogP contribution in [-0.2, 0) is 10.0 Å². The fraction of sp³-hybridized carbons (Fsp3) is 0.304. The van der Waals surface area contributed by atoms with Crippen LogP contribution in [0.2, 0.25) is 0 Å². The number of benzene rings is 2. The SMILES string of the molecule is O=C(c1cn[nH]c1-c1ccc(F)cc1)N1CCN(S(=O)(=O)c2ccc3c(c2)OCCCO3)CC1. The predicted molar refractivity (Wildman–Crippen MR) is 121 cm³/mol. The number of rotatable bonds is 4. The van der Waals surface area contributed by atoms with Gasteiger partial charge >= 0.3 is 0 Å². The van der Waals surface area contributed by atoms with Crippen LogP contribution in [0.3, 0.4) is 0 Å². The number of fused-ring (bicyclic) bond motifs is 1. The molecule has 9 nitrogen and oxygen atoms in total. The van der Waals surface area contributed by atoms with Crippen molar-refractivity contribution in [3.63, 3.8) is 0 Å². The highest BCUT2D eigenvalue weighted by atomic mass is 32.2. The number of carbonyl (C=O) groups excluding carboxylic acids is 1. The highest BCUT2D eigenvalue weighted by molar-refractivity contribution is 7.89. The number of halogens is 1. The van der Waals surface area contributed by atoms with Crippen LogP contribution in [0, 0.1) is 5.82 Å². The topological polar surface area (TPSA) is 105 Å². The second-order valence-corrected chi connectivity index (χ2v) is 9.96. The summed E-state index contributed by atoms with van der Waals surface area (Å²) in [4.78, 5) is 14.9. The Balaban J connectivity index is 1.29. The smallest absolute Gasteiger partial charge is 0.257 e. The molecule has 2 aliphatic heterocycles. The molecule has 2 aromatic carbocycles. The van der Waals surface area contributed by atoms with E-state index < -0.39 is 10.0 Å². The lowest BCUT2D eigenvalue weighted by atomic mass is 10.1. The molecular formula is C23H23FN4O5S. The molecule has 34 heavy (non-hydrogen) atoms. The number of sulfonamides is 1. The zero-order valence-electron chi connectivity index (χ0n) is 18.2. The number of carbonyl (C=O) groups is 1. The van der Waals surface area contributed by atoms with Crippen molar-refractivity contribution in [3.8, 4) is 22.8 Å². The number of nitrogens with one attached hydrogen (secondary N) is 1. The molecule has 0 aliphatic carbocycles. The molecule has 3 aromatic rings. The molecule has 178 valence electrons. The molecule has 0 unspecified atom stereocenters. The molecule has 1 N–H and O–H groups in total. The van der Waals surface area contributed by atoms with Crippen molar-refractivity contribution in [2.45, 2.75) is 11.3 Å². The van der Waals surface area contributed by atoms with Gasteiger partial charge in [-0.25, -0.2) is 12.8 Å². The molecule has 5 rings (SSSR count). The van der Waals surface area contributed by atoms with Crippen molar-refractivity contribution < 1.29 is 27.1 Å². The quantitative estimate of drug-likeness (QED) is 0.608. The minimum atomic E-state index is -3.76. The maximum absolute atomic E-state index is 13.3. The summed E-state index contributed by atoms with van der Waals surface area (Å²) in [6.07, 6.45) is 2.16. The third-order valence-electron chi connectivity index (χ3n) is 5.89. The van der Waals surface area contributed by atoms with Gasteiger partial charge in [-0.3, -0.25) is 9.89 Å². The Kier molecular flexibility index (Phi) is 5.96. The van der Waals surface area contributed by atoms with E-state index in [9.17, 15) is 17.6 Å². The first-order valence-electron chi connectivity index (χ1n) is 10.9. The molecule has 2 aliphatic rings. The van der Waals surface area contributed by atoms with Gasteiger partial charge in [0.15, 0.2) is 11.5 Å². The summed E-state index contributed by atoms with van der Waals surface area (Å²) in [5, 5.41) is 6.77. The van der Waals surface area contributed by atoms with E-state index in [1.165, 1.54) is 34.8 Å². The van der Waals surface area contributed by atoms with Crippen LogP contribution in [0.1, 0.15) is 16.8 Å². The van der Waals surface area contributed by atoms with Gasteiger partial charge in [0.1, 0.15) is 5.82 Å². The van der Waals surface area contributed by atoms with Gasteiger partial charge in [-0.15, -0.1) is 0 Å². The first-order chi connectivity index (χ1) is 16.4. The lowest BCUT2D eigenvalue weighted by Crippen LogP contribution is -2.50. The summed E-state index contributed by atoms with van der Waals surface area (Å²) in [6, 6.07) is 10.4. The largest absolute Gasteiger partial charge is 0.490 e. The van der Waals surface area contributed by atoms with Gasteiger partial charge < -0.3 is 14.4 Å². The molecule has 0 atom stereocenters. The Labute approximate surface area is 196 Å². The summed E-state index contributed by atoms with van der Waals surface area (Å²) in [6.45, 7) is 1.77. The van der Waals surface area contributed by atoms with Crippen LogP contribution in [0.4, 0.5) is 4.39 Å². The zero-order chi connectivity index (χ0) is 23.7. The number of hydrogen-bond acceptors (Lipinski definition) is 6. The van der Waals surface area contributed by atoms with Crippen molar-refractivity contribution in [2.24, 2.45) is 0 Å². The van der Waals surface area contributed by atoms with E-state index >= 15 is 0 Å². The molecule has 11 heteroatoms. The summed E-state index contributed by atoms with van der Waals surface area (Å²) < 4.78 is 52.3. The number of aromatic amines is 1. The molecule has 0 radical (unpaired) electrons. The van der Waals surface area contributed by atoms with Gasteiger partial charge in [-0.05, 0) is 36.4 Å². The zero-order valence-corrected chi connectivity index (χ0v) is 19.1. The summed E-state index contributed by atoms with van der Waals surface area (Å²) in [7, 11) is -3.76. The van der Waals surface area contributed by atoms with Crippen LogP contribution >= 0.6 is 0 Å². The van der Waals surface area contributed by atoms with Crippen molar-refractivity contribution in [1.29, 1.82) is 0 Å². The van der Waals surface area contributed by atoms with Gasteiger partial charge in [0.2, 0.25) is 10.0 Å². The predicted octanol–water partition coefficient (Wildman–Crippen LogP) is 2.52. The van der Waals surface area contributed by atoms with E-state index in [0.29, 0.717) is 41.5 Å². The van der Waals surface area contributed by atoms with Crippen LogP contribution in [0.25, 0.3) is 11.3 Å². The highest BCUT2D eigenvalue weighted by Crippen LogP contribution is 2.33. The Morgan fingerprint density at radius 3 is 2.41 bits per heavy atom. The number of ether oxygens (including phenoxy) is 2. The maximum atomic E-state index is 13.3. The number of piperazine rings is 1. The van der Waals surface area contributed by atoms with Crippen LogP contribution in [-0.4, -0.2) is 73.1 Å². The van der Waals surface area contributed by atoms with Gasteiger partial charge in [0.05, 0.1) is 35.6 Å². The number of H-pyrrole nitrogens is 1. The van der Waals surface area contributed by atoms with Gasteiger partial charge in [0.25, 0.3) is 5.91 Å². The fourth-order valence-electron chi connectivity index (χ4n) is 4.04. The Hall–Kier alpha value is -3.44. The summed E-state index contributed by atoms with van der Waals surface area (Å²) in [5.41, 5.74) is 1.48. The van der Waals surface area contributed by atoms with Crippen LogP contribution < -0.4 is 9.47 Å². The fourth-order valence-corrected chi connectivity index (χ4v) is 5.48. The van der Waals surface area contributed by atoms with E-state index in [1.807, 2.05) is 0 Å². The van der Waals surface area contributed by atoms with Gasteiger partial charge in [-0.2, -0.15) is 9.40 Å². The normalized spacial score (nSPS) is 16.8. The molecule has 1 saturated heterocycles. The van der Waals surface area contributed by atoms with Crippen molar-refractivity contribution in [2.75, 3.05) is 39.4 Å². The lowest BCUT2D eigenvalue weighted by Gasteiger charge is -2.34. The third-order valence-corrected chi connectivity index (χ3v) is 7.78. The van der Waals surface area contributed by atoms with E-state index in [4.69, 9.17) is 9.47 Å². The lowest BCUT2D eigenvalue weighted by molar-refractivity contribution is 0.0698. The minimum absolute atomic E-state index is 0.130. The second kappa shape index (κ2) is 9.07. The first kappa shape index (κ1) is 22.4. The molecule has 1 aromatic heterocycles. The highest BCUT2D eigenvalue weighted by Gasteiger charge is 2.32. The number of nitrogens with zero attached hydrogens (tertiary/aromatic N) is 3. The molecular weight excluding hydrogens is 463 g/mol. The van der Waals surface area contributed by atoms with Crippen LogP contribution in [0.5, 0.6) is 11.5 Å². The molecule has 0 spiro atoms. The molecule has 1 amide bonds. The van der Waals surface area contributed by atoms with Crippen molar-refractivity contribution in [1.82, 2.24) is 19.4 Å². The number of amides is 1. The molecule has 1 fully saturated rings. The van der Waals surface area contributed by atoms with E-state index in [0.717, 1.165) is 6.42 Å². The number of hydrogen-bond donors (Lipinski definition) is 1. The molecule has 3 heterocycles. The second-order valence-electron chi connectivity index (χ2n) is 8.02. The maximum Gasteiger partial charge on any atom is 0.257 e. The van der Waals surface area contributed by atoms with E-state index in [1.54, 1.807) is 23.1 Å². The molecule has 0 saturated carbocycles. The third kappa shape index (κ3) is 4.24. The van der Waals surface area contributed by atoms with Crippen molar-refractivity contribution in [3.05, 3.63) is 60.0 Å². The average Bonchev–Trinajstić information content (AvgIpc) is 3.22. The van der Waals surface area contributed by atoms with Crippen LogP contribution in [0.15, 0.2) is 53.6 Å². The summed E-state index contributed by atoms with van der Waals surface area (Å²) >= 11 is 0. The van der Waals surface area contributed by atoms with Gasteiger partial charge in [0, 0.05) is 44.2 Å². The Morgan fingerprint density at radius 1 is 0.971 bits per heavy atom. The summed E-state index contributed by atoms with van der Waals surface area (Å²) in [5.74, 6) is 0.312. The minimum Gasteiger partial charge on any atom is -0.490 e.